The second-order valence-electron chi connectivity index (χ2n) is 7.37. The summed E-state index contributed by atoms with van der Waals surface area (Å²) in [5, 5.41) is 6.35. The monoisotopic (exact) mass is 392 g/mol. The summed E-state index contributed by atoms with van der Waals surface area (Å²) in [6.07, 6.45) is 5.46. The van der Waals surface area contributed by atoms with Crippen molar-refractivity contribution in [3.8, 4) is 0 Å². The van der Waals surface area contributed by atoms with Crippen LogP contribution in [0.15, 0.2) is 24.3 Å². The average Bonchev–Trinajstić information content (AvgIpc) is 2.70. The maximum atomic E-state index is 12.0. The summed E-state index contributed by atoms with van der Waals surface area (Å²) >= 11 is 5.94. The van der Waals surface area contributed by atoms with Crippen LogP contribution >= 0.6 is 11.6 Å². The minimum atomic E-state index is -0.514. The zero-order valence-electron chi connectivity index (χ0n) is 15.8. The van der Waals surface area contributed by atoms with Crippen molar-refractivity contribution in [2.45, 2.75) is 38.1 Å². The normalized spacial score (nSPS) is 18.9. The zero-order chi connectivity index (χ0) is 19.1. The molecule has 0 spiro atoms. The topological polar surface area (TPSA) is 64.7 Å². The number of benzene rings is 1. The highest BCUT2D eigenvalue weighted by molar-refractivity contribution is 6.35. The lowest BCUT2D eigenvalue weighted by molar-refractivity contribution is -0.139. The quantitative estimate of drug-likeness (QED) is 0.752. The molecule has 2 amide bonds. The first-order valence-electron chi connectivity index (χ1n) is 9.93. The maximum absolute atomic E-state index is 12.0. The van der Waals surface area contributed by atoms with E-state index in [-0.39, 0.29) is 6.04 Å². The van der Waals surface area contributed by atoms with Crippen molar-refractivity contribution in [3.63, 3.8) is 0 Å². The molecule has 2 N–H and O–H groups in total. The first-order chi connectivity index (χ1) is 13.1. The molecule has 7 heteroatoms. The summed E-state index contributed by atoms with van der Waals surface area (Å²) in [5.74, 6) is -1.00. The molecule has 1 aliphatic carbocycles. The molecule has 1 saturated heterocycles. The van der Waals surface area contributed by atoms with Crippen LogP contribution in [0.5, 0.6) is 0 Å². The number of nitrogens with zero attached hydrogens (tertiary/aromatic N) is 2. The van der Waals surface area contributed by atoms with Crippen LogP contribution in [0.1, 0.15) is 32.1 Å². The van der Waals surface area contributed by atoms with E-state index in [0.717, 1.165) is 63.4 Å². The van der Waals surface area contributed by atoms with Gasteiger partial charge in [0.1, 0.15) is 0 Å². The van der Waals surface area contributed by atoms with Gasteiger partial charge in [0.2, 0.25) is 0 Å². The van der Waals surface area contributed by atoms with Gasteiger partial charge in [0.05, 0.1) is 0 Å². The Bertz CT molecular complexity index is 623. The van der Waals surface area contributed by atoms with Crippen molar-refractivity contribution in [1.29, 1.82) is 0 Å². The first kappa shape index (κ1) is 20.0. The molecule has 0 radical (unpaired) electrons. The van der Waals surface area contributed by atoms with E-state index >= 15 is 0 Å². The molecular weight excluding hydrogens is 364 g/mol. The van der Waals surface area contributed by atoms with Crippen molar-refractivity contribution >= 4 is 29.1 Å². The van der Waals surface area contributed by atoms with Crippen LogP contribution in [0.3, 0.4) is 0 Å². The standard InChI is InChI=1S/C20H29ClN4O2/c21-16-6-8-18(9-7-16)25-14-12-24(13-15-25)11-10-22-19(26)20(27)23-17-4-2-1-3-5-17/h6-9,17H,1-5,10-15H2,(H,22,26)(H,23,27). The molecule has 27 heavy (non-hydrogen) atoms. The smallest absolute Gasteiger partial charge is 0.309 e. The fourth-order valence-electron chi connectivity index (χ4n) is 3.79. The number of amides is 2. The van der Waals surface area contributed by atoms with Crippen LogP contribution in [0.4, 0.5) is 5.69 Å². The SMILES string of the molecule is O=C(NCCN1CCN(c2ccc(Cl)cc2)CC1)C(=O)NC1CCCCC1. The van der Waals surface area contributed by atoms with Gasteiger partial charge in [-0.25, -0.2) is 0 Å². The van der Waals surface area contributed by atoms with E-state index in [1.165, 1.54) is 12.1 Å². The molecule has 1 heterocycles. The lowest BCUT2D eigenvalue weighted by atomic mass is 9.95. The summed E-state index contributed by atoms with van der Waals surface area (Å²) in [6, 6.07) is 8.08. The molecule has 1 saturated carbocycles. The van der Waals surface area contributed by atoms with Crippen molar-refractivity contribution in [2.24, 2.45) is 0 Å². The van der Waals surface area contributed by atoms with E-state index in [1.807, 2.05) is 24.3 Å². The van der Waals surface area contributed by atoms with Crippen LogP contribution in [0.2, 0.25) is 5.02 Å². The Morgan fingerprint density at radius 2 is 1.63 bits per heavy atom. The van der Waals surface area contributed by atoms with Crippen molar-refractivity contribution in [3.05, 3.63) is 29.3 Å². The highest BCUT2D eigenvalue weighted by Gasteiger charge is 2.21. The molecule has 0 atom stereocenters. The largest absolute Gasteiger partial charge is 0.369 e. The fourth-order valence-corrected chi connectivity index (χ4v) is 3.91. The fraction of sp³-hybridized carbons (Fsp3) is 0.600. The van der Waals surface area contributed by atoms with E-state index in [9.17, 15) is 9.59 Å². The second kappa shape index (κ2) is 9.95. The van der Waals surface area contributed by atoms with Gasteiger partial charge in [-0.15, -0.1) is 0 Å². The van der Waals surface area contributed by atoms with E-state index < -0.39 is 11.8 Å². The van der Waals surface area contributed by atoms with Gasteiger partial charge in [-0.05, 0) is 37.1 Å². The van der Waals surface area contributed by atoms with E-state index in [4.69, 9.17) is 11.6 Å². The van der Waals surface area contributed by atoms with E-state index in [1.54, 1.807) is 0 Å². The first-order valence-corrected chi connectivity index (χ1v) is 10.3. The lowest BCUT2D eigenvalue weighted by Crippen LogP contribution is -2.50. The predicted molar refractivity (Wildman–Crippen MR) is 108 cm³/mol. The van der Waals surface area contributed by atoms with Gasteiger partial charge in [-0.2, -0.15) is 0 Å². The van der Waals surface area contributed by atoms with Crippen molar-refractivity contribution in [1.82, 2.24) is 15.5 Å². The number of nitrogens with one attached hydrogen (secondary N) is 2. The van der Waals surface area contributed by atoms with Crippen molar-refractivity contribution < 1.29 is 9.59 Å². The third-order valence-electron chi connectivity index (χ3n) is 5.42. The minimum Gasteiger partial charge on any atom is -0.369 e. The highest BCUT2D eigenvalue weighted by Crippen LogP contribution is 2.19. The van der Waals surface area contributed by atoms with Gasteiger partial charge in [0.25, 0.3) is 0 Å². The van der Waals surface area contributed by atoms with Crippen LogP contribution in [-0.2, 0) is 9.59 Å². The van der Waals surface area contributed by atoms with Crippen LogP contribution in [0.25, 0.3) is 0 Å². The Labute approximate surface area is 166 Å². The number of carbonyl (C=O) groups is 2. The molecule has 6 nitrogen and oxygen atoms in total. The zero-order valence-corrected chi connectivity index (χ0v) is 16.5. The molecular formula is C20H29ClN4O2. The maximum Gasteiger partial charge on any atom is 0.309 e. The second-order valence-corrected chi connectivity index (χ2v) is 7.81. The predicted octanol–water partition coefficient (Wildman–Crippen LogP) is 2.03. The molecule has 2 fully saturated rings. The Kier molecular flexibility index (Phi) is 7.35. The number of piperazine rings is 1. The number of hydrogen-bond acceptors (Lipinski definition) is 4. The molecule has 0 aromatic heterocycles. The summed E-state index contributed by atoms with van der Waals surface area (Å²) in [4.78, 5) is 28.6. The number of rotatable bonds is 5. The highest BCUT2D eigenvalue weighted by atomic mass is 35.5. The Morgan fingerprint density at radius 1 is 0.963 bits per heavy atom. The molecule has 2 aliphatic rings. The number of halogens is 1. The Hall–Kier alpha value is -1.79. The summed E-state index contributed by atoms with van der Waals surface area (Å²) in [5.41, 5.74) is 1.19. The average molecular weight is 393 g/mol. The van der Waals surface area contributed by atoms with Crippen molar-refractivity contribution in [2.75, 3.05) is 44.2 Å². The minimum absolute atomic E-state index is 0.165. The molecule has 3 rings (SSSR count). The summed E-state index contributed by atoms with van der Waals surface area (Å²) in [6.45, 7) is 5.02. The van der Waals surface area contributed by atoms with E-state index in [0.29, 0.717) is 6.54 Å². The Balaban J connectivity index is 1.32. The van der Waals surface area contributed by atoms with Gasteiger partial charge >= 0.3 is 11.8 Å². The number of carbonyl (C=O) groups excluding carboxylic acids is 2. The molecule has 0 bridgehead atoms. The Morgan fingerprint density at radius 3 is 2.30 bits per heavy atom. The van der Waals surface area contributed by atoms with Crippen LogP contribution in [0, 0.1) is 0 Å². The summed E-state index contributed by atoms with van der Waals surface area (Å²) < 4.78 is 0. The number of anilines is 1. The van der Waals surface area contributed by atoms with Crippen LogP contribution in [-0.4, -0.2) is 62.0 Å². The lowest BCUT2D eigenvalue weighted by Gasteiger charge is -2.36. The van der Waals surface area contributed by atoms with Gasteiger partial charge in [-0.1, -0.05) is 30.9 Å². The van der Waals surface area contributed by atoms with Crippen LogP contribution < -0.4 is 15.5 Å². The third kappa shape index (κ3) is 6.11. The van der Waals surface area contributed by atoms with Gasteiger partial charge in [0, 0.05) is 56.0 Å². The van der Waals surface area contributed by atoms with Gasteiger partial charge in [-0.3, -0.25) is 14.5 Å². The third-order valence-corrected chi connectivity index (χ3v) is 5.68. The van der Waals surface area contributed by atoms with Gasteiger partial charge in [0.15, 0.2) is 0 Å². The molecule has 148 valence electrons. The van der Waals surface area contributed by atoms with E-state index in [2.05, 4.69) is 20.4 Å². The number of hydrogen-bond donors (Lipinski definition) is 2. The molecule has 1 aromatic rings. The molecule has 0 unspecified atom stereocenters. The van der Waals surface area contributed by atoms with Gasteiger partial charge < -0.3 is 15.5 Å². The molecule has 1 aromatic carbocycles. The molecule has 1 aliphatic heterocycles. The summed E-state index contributed by atoms with van der Waals surface area (Å²) in [7, 11) is 0.